The van der Waals surface area contributed by atoms with Crippen molar-refractivity contribution < 1.29 is 22.4 Å². The van der Waals surface area contributed by atoms with E-state index in [9.17, 15) is 13.0 Å². The number of anilines is 18. The molecule has 0 bridgehead atoms. The first-order valence-electron chi connectivity index (χ1n) is 50.0. The molecule has 4 atom stereocenters. The number of aromatic nitrogens is 15. The number of rotatable bonds is 63. The minimum absolute atomic E-state index is 0. The fraction of sp³-hybridized carbons (Fsp3) is 0.490. The summed E-state index contributed by atoms with van der Waals surface area (Å²) in [7, 11) is -1.20. The third-order valence-corrected chi connectivity index (χ3v) is 24.4. The third kappa shape index (κ3) is 43.0. The van der Waals surface area contributed by atoms with Crippen molar-refractivity contribution in [1.29, 1.82) is 0 Å². The predicted molar refractivity (Wildman–Crippen MR) is 586 cm³/mol. The van der Waals surface area contributed by atoms with E-state index in [4.69, 9.17) is 43.9 Å². The van der Waals surface area contributed by atoms with Gasteiger partial charge in [-0.1, -0.05) is 140 Å². The molecule has 0 spiro atoms. The van der Waals surface area contributed by atoms with Gasteiger partial charge in [0.15, 0.2) is 0 Å². The number of azo groups is 3. The maximum absolute atomic E-state index is 11.0. The fourth-order valence-electron chi connectivity index (χ4n) is 15.0. The number of nitrogen functional groups attached to an aromatic ring is 6. The Morgan fingerprint density at radius 3 is 0.759 bits per heavy atom. The van der Waals surface area contributed by atoms with Crippen molar-refractivity contribution in [2.75, 3.05) is 209 Å². The van der Waals surface area contributed by atoms with Gasteiger partial charge in [-0.05, 0) is 215 Å². The number of hydrogen-bond donors (Lipinski definition) is 15. The van der Waals surface area contributed by atoms with Gasteiger partial charge in [-0.25, -0.2) is 8.42 Å². The second-order valence-corrected chi connectivity index (χ2v) is 35.7. The Hall–Kier alpha value is -14.9. The maximum Gasteiger partial charge on any atom is 0.229 e. The van der Waals surface area contributed by atoms with Crippen molar-refractivity contribution in [2.45, 2.75) is 190 Å². The van der Waals surface area contributed by atoms with E-state index in [0.29, 0.717) is 141 Å². The second-order valence-electron chi connectivity index (χ2n) is 34.3. The molecule has 0 radical (unpaired) electrons. The number of benzene rings is 6. The number of ether oxygens (including phenoxy) is 2. The second kappa shape index (κ2) is 63.9. The van der Waals surface area contributed by atoms with Crippen LogP contribution < -0.4 is 106 Å². The van der Waals surface area contributed by atoms with Crippen LogP contribution in [0.3, 0.4) is 0 Å². The lowest BCUT2D eigenvalue weighted by atomic mass is 9.99. The molecule has 45 heteroatoms. The van der Waals surface area contributed by atoms with Crippen molar-refractivity contribution >= 4 is 151 Å². The summed E-state index contributed by atoms with van der Waals surface area (Å²) in [6.07, 6.45) is 20.3. The van der Waals surface area contributed by atoms with Crippen LogP contribution in [0.4, 0.5) is 140 Å². The first kappa shape index (κ1) is 115. The summed E-state index contributed by atoms with van der Waals surface area (Å²) < 4.78 is 43.4. The molecule has 0 aliphatic carbocycles. The first-order valence-corrected chi connectivity index (χ1v) is 51.4. The monoisotopic (exact) mass is 2010 g/mol. The summed E-state index contributed by atoms with van der Waals surface area (Å²) in [5.41, 5.74) is 42.5. The number of nitrogens with two attached hydrogens (primary N) is 6. The average Bonchev–Trinajstić information content (AvgIpc) is 0.855. The van der Waals surface area contributed by atoms with Gasteiger partial charge >= 0.3 is 0 Å². The molecule has 4 unspecified atom stereocenters. The highest BCUT2D eigenvalue weighted by molar-refractivity contribution is 7.85. The van der Waals surface area contributed by atoms with Gasteiger partial charge in [0.1, 0.15) is 21.6 Å². The molecule has 0 saturated carbocycles. The Labute approximate surface area is 854 Å². The molecule has 0 fully saturated rings. The molecule has 6 aromatic carbocycles. The Kier molecular flexibility index (Phi) is 50.8. The summed E-state index contributed by atoms with van der Waals surface area (Å²) in [5, 5.41) is 55.7. The number of likely N-dealkylation sites (N-methyl/N-ethyl adjacent to an activating group) is 1. The van der Waals surface area contributed by atoms with Crippen LogP contribution in [0.15, 0.2) is 181 Å². The highest BCUT2D eigenvalue weighted by Gasteiger charge is 2.19. The normalized spacial score (nSPS) is 12.1. The number of hydrogen-bond acceptors (Lipinski definition) is 44. The van der Waals surface area contributed by atoms with Crippen molar-refractivity contribution in [3.8, 4) is 11.5 Å². The summed E-state index contributed by atoms with van der Waals surface area (Å²) in [5.74, 6) is 8.64. The molecule has 11 aromatic rings. The van der Waals surface area contributed by atoms with Crippen LogP contribution in [0.1, 0.15) is 185 Å². The van der Waals surface area contributed by atoms with Gasteiger partial charge in [0.25, 0.3) is 0 Å². The van der Waals surface area contributed by atoms with Crippen LogP contribution in [-0.2, 0) is 10.1 Å². The van der Waals surface area contributed by atoms with E-state index in [1.807, 2.05) is 116 Å². The molecular weight excluding hydrogens is 1860 g/mol. The molecule has 11 rings (SSSR count). The summed E-state index contributed by atoms with van der Waals surface area (Å²) >= 11 is 0. The van der Waals surface area contributed by atoms with Gasteiger partial charge in [0, 0.05) is 115 Å². The van der Waals surface area contributed by atoms with Crippen LogP contribution in [0.25, 0.3) is 0 Å². The van der Waals surface area contributed by atoms with Gasteiger partial charge in [-0.3, -0.25) is 0 Å². The van der Waals surface area contributed by atoms with E-state index in [1.165, 1.54) is 101 Å². The van der Waals surface area contributed by atoms with E-state index in [2.05, 4.69) is 236 Å². The summed E-state index contributed by atoms with van der Waals surface area (Å²) in [6, 6.07) is 43.7. The fourth-order valence-corrected chi connectivity index (χ4v) is 15.4. The van der Waals surface area contributed by atoms with Gasteiger partial charge in [0.05, 0.1) is 53.2 Å². The molecule has 0 saturated heterocycles. The predicted octanol–water partition coefficient (Wildman–Crippen LogP) is 19.6. The minimum atomic E-state index is -4.48. The SMILES string of the molecule is C.CCCCC(CC)CNc1nc(N)nc(NCCCN(CCCNc2nc(N)nc(NCC(CC)CCCC)n2)c2ccc(N=Nc3ccc(OC)cc3)cc2)n1.CCCCC(CC)CNc1nc(N)nc(NCCN(CCNc2nc(N)nc(NCC(CC)CCCC)n2)c2ccc(N=Nc3ccc(OC)cc3)cc2)n1.CCN(CCNc1nc(N)nc(N)n1)c1ccc(N=Nc2ccc(S(=O)(=O)[O-])cc2)cc1. The van der Waals surface area contributed by atoms with Gasteiger partial charge in [0.2, 0.25) is 89.2 Å². The number of unbranched alkanes of at least 4 members (excludes halogenated alkanes) is 4. The van der Waals surface area contributed by atoms with Crippen LogP contribution in [0, 0.1) is 23.7 Å². The number of methoxy groups -OCH3 is 2. The van der Waals surface area contributed by atoms with Crippen molar-refractivity contribution in [3.63, 3.8) is 0 Å². The van der Waals surface area contributed by atoms with Gasteiger partial charge in [-0.2, -0.15) is 105 Å². The van der Waals surface area contributed by atoms with E-state index < -0.39 is 10.1 Å². The zero-order chi connectivity index (χ0) is 103. The zero-order valence-electron chi connectivity index (χ0n) is 85.1. The summed E-state index contributed by atoms with van der Waals surface area (Å²) in [6.45, 7) is 30.2. The largest absolute Gasteiger partial charge is 0.744 e. The Balaban J connectivity index is 0.000000275. The molecule has 5 heterocycles. The molecule has 21 N–H and O–H groups in total. The smallest absolute Gasteiger partial charge is 0.229 e. The number of nitrogens with zero attached hydrogens (tertiary/aromatic N) is 24. The highest BCUT2D eigenvalue weighted by Crippen LogP contribution is 2.31. The zero-order valence-corrected chi connectivity index (χ0v) is 86.0. The standard InChI is InChI=1S/C41H65N15O.C39H61N15O.C19H23N9O3S.CH4/c1-6-10-14-30(8-3)28-46-40-50-36(42)48-38(52-40)44-24-12-26-56(34-20-16-32(17-21-34)54-55-33-18-22-35(57-5)23-19-33)27-13-25-45-39-49-37(43)51-41(53-39)47-29-31(9-4)15-11-7-2;1-6-10-12-28(8-3)26-44-38-48-34(40)46-36(50-38)42-22-24-54(32-18-14-30(15-19-32)52-53-31-16-20-33(55-5)21-17-31)25-23-43-37-47-35(41)49-39(51-37)45-27-29(9-4)13-11-7-2;1-2-28(12-11-22-19-24-17(20)23-18(21)25-19)15-7-3-13(4-8-15)26-27-14-5-9-16(10-6-14)32(29,30)31;/h16-23,30-31H,6-15,24-29H2,1-5H3,(H4,42,44,46,48,50,52)(H4,43,45,47,49,51,53);14-21,28-29H,6-13,22-27H2,1-5H3,(H4,40,42,44,46,48,50)(H4,41,43,45,47,49,51);3-10H,2,11-12H2,1H3,(H,29,30,31)(H5,20,21,22,23,24,25);1H4/p-1. The van der Waals surface area contributed by atoms with Crippen molar-refractivity contribution in [3.05, 3.63) is 146 Å². The van der Waals surface area contributed by atoms with Crippen molar-refractivity contribution in [1.82, 2.24) is 74.8 Å². The van der Waals surface area contributed by atoms with Crippen LogP contribution in [-0.4, -0.2) is 200 Å². The third-order valence-electron chi connectivity index (χ3n) is 23.6. The van der Waals surface area contributed by atoms with Crippen LogP contribution >= 0.6 is 0 Å². The molecule has 145 heavy (non-hydrogen) atoms. The van der Waals surface area contributed by atoms with E-state index in [-0.39, 0.29) is 48.0 Å². The molecular formula is C100H152N39O5S-. The Morgan fingerprint density at radius 1 is 0.290 bits per heavy atom. The topological polar surface area (TPSA) is 617 Å². The molecule has 0 aliphatic heterocycles. The van der Waals surface area contributed by atoms with E-state index in [0.717, 1.165) is 136 Å². The molecule has 5 aromatic heterocycles. The minimum Gasteiger partial charge on any atom is -0.744 e. The first-order chi connectivity index (χ1) is 69.9. The lowest BCUT2D eigenvalue weighted by Crippen LogP contribution is -2.34. The Bertz CT molecular complexity index is 5560. The maximum atomic E-state index is 11.0. The lowest BCUT2D eigenvalue weighted by Gasteiger charge is -2.25. The lowest BCUT2D eigenvalue weighted by molar-refractivity contribution is 0.414. The van der Waals surface area contributed by atoms with Crippen LogP contribution in [0.2, 0.25) is 0 Å². The number of nitrogens with one attached hydrogen (secondary N) is 9. The van der Waals surface area contributed by atoms with Crippen LogP contribution in [0.5, 0.6) is 11.5 Å². The molecule has 0 aliphatic rings. The highest BCUT2D eigenvalue weighted by atomic mass is 32.2. The quantitative estimate of drug-likeness (QED) is 0.00956. The average molecular weight is 2010 g/mol. The summed E-state index contributed by atoms with van der Waals surface area (Å²) in [4.78, 5) is 71.0. The van der Waals surface area contributed by atoms with Gasteiger partial charge < -0.3 is 111 Å². The molecule has 0 amide bonds. The van der Waals surface area contributed by atoms with Gasteiger partial charge in [-0.15, -0.1) is 0 Å². The van der Waals surface area contributed by atoms with E-state index >= 15 is 0 Å². The molecule has 784 valence electrons. The molecule has 44 nitrogen and oxygen atoms in total. The van der Waals surface area contributed by atoms with Crippen molar-refractivity contribution in [2.24, 2.45) is 54.4 Å². The van der Waals surface area contributed by atoms with E-state index in [1.54, 1.807) is 14.2 Å². The Morgan fingerprint density at radius 2 is 0.510 bits per heavy atom.